The number of phenols is 1. The predicted octanol–water partition coefficient (Wildman–Crippen LogP) is 5.26. The van der Waals surface area contributed by atoms with Crippen LogP contribution in [0.1, 0.15) is 37.0 Å². The van der Waals surface area contributed by atoms with Gasteiger partial charge in [0.05, 0.1) is 37.6 Å². The second kappa shape index (κ2) is 11.1. The van der Waals surface area contributed by atoms with E-state index in [1.165, 1.54) is 5.56 Å². The molecule has 0 bridgehead atoms. The number of hydrogen-bond donors (Lipinski definition) is 1. The van der Waals surface area contributed by atoms with Crippen molar-refractivity contribution in [1.82, 2.24) is 0 Å². The van der Waals surface area contributed by atoms with Crippen molar-refractivity contribution in [2.45, 2.75) is 32.9 Å². The van der Waals surface area contributed by atoms with Gasteiger partial charge in [0.15, 0.2) is 0 Å². The van der Waals surface area contributed by atoms with E-state index in [0.29, 0.717) is 39.9 Å². The number of quaternary nitrogens is 1. The molecule has 0 aromatic heterocycles. The van der Waals surface area contributed by atoms with Crippen LogP contribution < -0.4 is 5.11 Å². The molecule has 184 valence electrons. The molecule has 0 amide bonds. The van der Waals surface area contributed by atoms with Crippen molar-refractivity contribution in [3.05, 3.63) is 83.4 Å². The average molecular weight is 492 g/mol. The highest BCUT2D eigenvalue weighted by Gasteiger charge is 2.24. The molecule has 0 spiro atoms. The van der Waals surface area contributed by atoms with E-state index >= 15 is 0 Å². The van der Waals surface area contributed by atoms with Crippen LogP contribution in [0.25, 0.3) is 10.8 Å². The first kappa shape index (κ1) is 26.5. The number of phenolic OH excluding ortho intramolecular Hbond substituents is 1. The van der Waals surface area contributed by atoms with Crippen LogP contribution >= 0.6 is 12.4 Å². The smallest absolute Gasteiger partial charge is 0.133 e. The van der Waals surface area contributed by atoms with Gasteiger partial charge in [-0.25, -0.2) is 0 Å². The quantitative estimate of drug-likeness (QED) is 0.361. The summed E-state index contributed by atoms with van der Waals surface area (Å²) in [6, 6.07) is 17.7. The molecule has 0 saturated heterocycles. The molecule has 3 aromatic rings. The molecule has 0 saturated carbocycles. The second-order valence-electron chi connectivity index (χ2n) is 9.84. The molecule has 0 unspecified atom stereocenters. The van der Waals surface area contributed by atoms with Crippen molar-refractivity contribution in [1.29, 1.82) is 0 Å². The topological polar surface area (TPSA) is 68.0 Å². The fourth-order valence-corrected chi connectivity index (χ4v) is 4.58. The first-order chi connectivity index (χ1) is 16.3. The number of aliphatic imine (C=N–C) groups is 2. The Labute approximate surface area is 214 Å². The van der Waals surface area contributed by atoms with Crippen molar-refractivity contribution in [2.24, 2.45) is 9.98 Å². The summed E-state index contributed by atoms with van der Waals surface area (Å²) in [5.74, 6) is -0.00884. The highest BCUT2D eigenvalue weighted by molar-refractivity contribution is 6.30. The zero-order valence-electron chi connectivity index (χ0n) is 20.9. The van der Waals surface area contributed by atoms with E-state index in [2.05, 4.69) is 43.4 Å². The molecule has 5 nitrogen and oxygen atoms in total. The van der Waals surface area contributed by atoms with Crippen molar-refractivity contribution >= 4 is 34.6 Å². The third-order valence-corrected chi connectivity index (χ3v) is 6.11. The van der Waals surface area contributed by atoms with Crippen LogP contribution in [0.2, 0.25) is 0 Å². The summed E-state index contributed by atoms with van der Waals surface area (Å²) in [4.78, 5) is 9.47. The standard InChI is InChI=1S/C29H33N3O2.ClH/c1-20(2)31-25-16-15-24(26-27(25)29(34)23-14-9-8-13-22(23)28(26)33)30-17-10-18-32(3,4)19-21-11-6-5-7-12-21;/h5-9,11-16,20H,10,17-19H2,1-4H3,(H-,30,31,33,34);1H. The zero-order valence-corrected chi connectivity index (χ0v) is 21.7. The van der Waals surface area contributed by atoms with Crippen LogP contribution in [0.4, 0.5) is 0 Å². The lowest BCUT2D eigenvalue weighted by Gasteiger charge is -2.30. The zero-order chi connectivity index (χ0) is 24.3. The van der Waals surface area contributed by atoms with Gasteiger partial charge in [-0.05, 0) is 31.4 Å². The van der Waals surface area contributed by atoms with Crippen molar-refractivity contribution in [3.63, 3.8) is 0 Å². The highest BCUT2D eigenvalue weighted by Crippen LogP contribution is 2.40. The predicted molar refractivity (Wildman–Crippen MR) is 146 cm³/mol. The molecule has 1 N–H and O–H groups in total. The molecular weight excluding hydrogens is 458 g/mol. The summed E-state index contributed by atoms with van der Waals surface area (Å²) in [6.07, 6.45) is 4.63. The number of halogens is 1. The molecule has 3 aromatic carbocycles. The molecule has 0 heterocycles. The fraction of sp³-hybridized carbons (Fsp3) is 0.310. The van der Waals surface area contributed by atoms with Gasteiger partial charge in [0.1, 0.15) is 12.3 Å². The van der Waals surface area contributed by atoms with Crippen LogP contribution in [0, 0.1) is 0 Å². The van der Waals surface area contributed by atoms with Gasteiger partial charge in [-0.2, -0.15) is 0 Å². The third-order valence-electron chi connectivity index (χ3n) is 6.11. The molecule has 4 rings (SSSR count). The number of rotatable bonds is 7. The average Bonchev–Trinajstić information content (AvgIpc) is 2.81. The Morgan fingerprint density at radius 1 is 0.886 bits per heavy atom. The van der Waals surface area contributed by atoms with E-state index in [1.807, 2.05) is 44.2 Å². The van der Waals surface area contributed by atoms with Gasteiger partial charge in [-0.1, -0.05) is 60.3 Å². The van der Waals surface area contributed by atoms with E-state index in [0.717, 1.165) is 24.0 Å². The van der Waals surface area contributed by atoms with Gasteiger partial charge in [-0.3, -0.25) is 9.98 Å². The van der Waals surface area contributed by atoms with Gasteiger partial charge in [0.2, 0.25) is 0 Å². The van der Waals surface area contributed by atoms with Gasteiger partial charge < -0.3 is 14.7 Å². The first-order valence-corrected chi connectivity index (χ1v) is 11.9. The molecule has 0 radical (unpaired) electrons. The summed E-state index contributed by atoms with van der Waals surface area (Å²) in [7, 11) is 4.45. The normalized spacial score (nSPS) is 15.6. The van der Waals surface area contributed by atoms with Crippen LogP contribution in [-0.4, -0.2) is 54.2 Å². The molecule has 0 fully saturated rings. The van der Waals surface area contributed by atoms with Crippen molar-refractivity contribution < 1.29 is 14.7 Å². The van der Waals surface area contributed by atoms with Gasteiger partial charge in [-0.15, -0.1) is 12.4 Å². The van der Waals surface area contributed by atoms with Crippen LogP contribution in [0.5, 0.6) is 11.5 Å². The Morgan fingerprint density at radius 2 is 1.51 bits per heavy atom. The SMILES string of the molecule is CC(C)N=C1C=CC(=NCCC[N+](C)(C)Cc2ccccc2)c2c1c(O)c1ccccc1c2[O-].Cl. The Hall–Kier alpha value is -3.15. The Bertz CT molecular complexity index is 1280. The number of allylic oxidation sites excluding steroid dienone is 2. The molecule has 1 aliphatic carbocycles. The monoisotopic (exact) mass is 491 g/mol. The van der Waals surface area contributed by atoms with E-state index in [4.69, 9.17) is 4.99 Å². The Kier molecular flexibility index (Phi) is 8.36. The summed E-state index contributed by atoms with van der Waals surface area (Å²) in [5.41, 5.74) is 3.52. The van der Waals surface area contributed by atoms with E-state index < -0.39 is 0 Å². The molecule has 6 heteroatoms. The summed E-state index contributed by atoms with van der Waals surface area (Å²) >= 11 is 0. The van der Waals surface area contributed by atoms with Crippen LogP contribution in [-0.2, 0) is 6.54 Å². The maximum atomic E-state index is 13.5. The summed E-state index contributed by atoms with van der Waals surface area (Å²) < 4.78 is 0.866. The van der Waals surface area contributed by atoms with Gasteiger partial charge in [0, 0.05) is 35.5 Å². The highest BCUT2D eigenvalue weighted by atomic mass is 35.5. The minimum atomic E-state index is -0.108. The van der Waals surface area contributed by atoms with Crippen LogP contribution in [0.3, 0.4) is 0 Å². The number of aromatic hydroxyl groups is 1. The number of hydrogen-bond acceptors (Lipinski definition) is 4. The number of benzene rings is 3. The van der Waals surface area contributed by atoms with Gasteiger partial charge >= 0.3 is 0 Å². The maximum absolute atomic E-state index is 13.5. The fourth-order valence-electron chi connectivity index (χ4n) is 4.58. The largest absolute Gasteiger partial charge is 0.872 e. The lowest BCUT2D eigenvalue weighted by molar-refractivity contribution is -0.903. The number of nitrogens with zero attached hydrogens (tertiary/aromatic N) is 3. The van der Waals surface area contributed by atoms with E-state index in [-0.39, 0.29) is 29.9 Å². The summed E-state index contributed by atoms with van der Waals surface area (Å²) in [6.45, 7) is 6.50. The third kappa shape index (κ3) is 5.92. The Morgan fingerprint density at radius 3 is 2.20 bits per heavy atom. The molecular formula is C29H34ClN3O2. The molecule has 1 aliphatic rings. The van der Waals surface area contributed by atoms with Gasteiger partial charge in [0.25, 0.3) is 0 Å². The van der Waals surface area contributed by atoms with Crippen molar-refractivity contribution in [3.8, 4) is 11.5 Å². The van der Waals surface area contributed by atoms with E-state index in [9.17, 15) is 10.2 Å². The minimum Gasteiger partial charge on any atom is -0.872 e. The van der Waals surface area contributed by atoms with E-state index in [1.54, 1.807) is 12.1 Å². The number of fused-ring (bicyclic) bond motifs is 2. The Balaban J connectivity index is 0.00000342. The van der Waals surface area contributed by atoms with Crippen LogP contribution in [0.15, 0.2) is 76.7 Å². The minimum absolute atomic E-state index is 0. The first-order valence-electron chi connectivity index (χ1n) is 11.9. The molecule has 0 atom stereocenters. The second-order valence-corrected chi connectivity index (χ2v) is 9.84. The lowest BCUT2D eigenvalue weighted by Crippen LogP contribution is -2.39. The van der Waals surface area contributed by atoms with Crippen molar-refractivity contribution in [2.75, 3.05) is 27.2 Å². The molecule has 0 aliphatic heterocycles. The molecule has 35 heavy (non-hydrogen) atoms. The lowest BCUT2D eigenvalue weighted by atomic mass is 9.88. The maximum Gasteiger partial charge on any atom is 0.133 e. The summed E-state index contributed by atoms with van der Waals surface area (Å²) in [5, 5.41) is 25.7.